The van der Waals surface area contributed by atoms with Gasteiger partial charge in [-0.1, -0.05) is 25.7 Å². The number of H-pyrrole nitrogens is 1. The second-order valence-electron chi connectivity index (χ2n) is 6.62. The summed E-state index contributed by atoms with van der Waals surface area (Å²) in [6, 6.07) is 0. The maximum Gasteiger partial charge on any atom is 0.225 e. The van der Waals surface area contributed by atoms with Crippen molar-refractivity contribution in [1.29, 1.82) is 0 Å². The molecule has 4 nitrogen and oxygen atoms in total. The number of nitrogens with zero attached hydrogens (tertiary/aromatic N) is 2. The Bertz CT molecular complexity index is 443. The average molecular weight is 275 g/mol. The molecule has 0 bridgehead atoms. The van der Waals surface area contributed by atoms with Gasteiger partial charge in [-0.3, -0.25) is 9.89 Å². The number of aromatic nitrogens is 2. The van der Waals surface area contributed by atoms with Gasteiger partial charge in [0.25, 0.3) is 0 Å². The number of amides is 1. The summed E-state index contributed by atoms with van der Waals surface area (Å²) < 4.78 is 0. The Morgan fingerprint density at radius 2 is 2.10 bits per heavy atom. The minimum Gasteiger partial charge on any atom is -0.341 e. The van der Waals surface area contributed by atoms with Gasteiger partial charge in [0, 0.05) is 31.3 Å². The van der Waals surface area contributed by atoms with E-state index in [0.717, 1.165) is 30.2 Å². The normalized spacial score (nSPS) is 29.8. The van der Waals surface area contributed by atoms with Crippen molar-refractivity contribution >= 4 is 5.91 Å². The lowest BCUT2D eigenvalue weighted by atomic mass is 9.67. The van der Waals surface area contributed by atoms with Crippen molar-refractivity contribution in [2.75, 3.05) is 7.05 Å². The molecule has 0 saturated heterocycles. The zero-order valence-electron chi connectivity index (χ0n) is 12.3. The Morgan fingerprint density at radius 1 is 1.30 bits per heavy atom. The molecule has 0 aliphatic heterocycles. The fraction of sp³-hybridized carbons (Fsp3) is 0.750. The zero-order valence-corrected chi connectivity index (χ0v) is 12.3. The van der Waals surface area contributed by atoms with Crippen LogP contribution in [0, 0.1) is 17.8 Å². The largest absolute Gasteiger partial charge is 0.341 e. The first-order valence-corrected chi connectivity index (χ1v) is 7.96. The summed E-state index contributed by atoms with van der Waals surface area (Å²) in [5, 5.41) is 6.74. The molecular formula is C16H25N3O. The molecular weight excluding hydrogens is 250 g/mol. The van der Waals surface area contributed by atoms with Crippen LogP contribution in [-0.4, -0.2) is 28.1 Å². The quantitative estimate of drug-likeness (QED) is 0.922. The lowest BCUT2D eigenvalue weighted by molar-refractivity contribution is -0.137. The summed E-state index contributed by atoms with van der Waals surface area (Å²) in [6.07, 6.45) is 12.7. The molecule has 1 amide bonds. The maximum absolute atomic E-state index is 12.6. The Balaban J connectivity index is 1.56. The minimum atomic E-state index is 0.256. The van der Waals surface area contributed by atoms with E-state index in [1.54, 1.807) is 6.20 Å². The van der Waals surface area contributed by atoms with E-state index < -0.39 is 0 Å². The summed E-state index contributed by atoms with van der Waals surface area (Å²) in [5.41, 5.74) is 1.08. The summed E-state index contributed by atoms with van der Waals surface area (Å²) in [7, 11) is 1.92. The van der Waals surface area contributed by atoms with E-state index in [9.17, 15) is 4.79 Å². The standard InChI is InChI=1S/C16H25N3O/c1-19(11-12-9-17-18-10-12)16(20)15-7-6-13-4-2-3-5-14(13)8-15/h9-10,13-15H,2-8,11H2,1H3,(H,17,18). The number of rotatable bonds is 3. The van der Waals surface area contributed by atoms with Crippen LogP contribution in [0.4, 0.5) is 0 Å². The van der Waals surface area contributed by atoms with E-state index in [-0.39, 0.29) is 5.92 Å². The molecule has 2 fully saturated rings. The average Bonchev–Trinajstić information content (AvgIpc) is 2.99. The zero-order chi connectivity index (χ0) is 13.9. The molecule has 20 heavy (non-hydrogen) atoms. The van der Waals surface area contributed by atoms with Crippen LogP contribution < -0.4 is 0 Å². The van der Waals surface area contributed by atoms with Crippen molar-refractivity contribution in [2.24, 2.45) is 17.8 Å². The van der Waals surface area contributed by atoms with E-state index in [4.69, 9.17) is 0 Å². The SMILES string of the molecule is CN(Cc1cn[nH]c1)C(=O)C1CCC2CCCCC2C1. The smallest absolute Gasteiger partial charge is 0.225 e. The monoisotopic (exact) mass is 275 g/mol. The van der Waals surface area contributed by atoms with Crippen LogP contribution in [0.5, 0.6) is 0 Å². The van der Waals surface area contributed by atoms with Crippen LogP contribution in [0.1, 0.15) is 50.5 Å². The van der Waals surface area contributed by atoms with Gasteiger partial charge in [0.1, 0.15) is 0 Å². The molecule has 1 heterocycles. The first-order valence-electron chi connectivity index (χ1n) is 7.96. The molecule has 3 rings (SSSR count). The van der Waals surface area contributed by atoms with Crippen molar-refractivity contribution in [3.63, 3.8) is 0 Å². The highest BCUT2D eigenvalue weighted by Gasteiger charge is 2.35. The lowest BCUT2D eigenvalue weighted by Gasteiger charge is -2.39. The fourth-order valence-electron chi connectivity index (χ4n) is 4.13. The topological polar surface area (TPSA) is 49.0 Å². The Kier molecular flexibility index (Phi) is 4.08. The molecule has 2 aliphatic rings. The van der Waals surface area contributed by atoms with Crippen LogP contribution in [0.3, 0.4) is 0 Å². The third-order valence-electron chi connectivity index (χ3n) is 5.24. The van der Waals surface area contributed by atoms with Crippen molar-refractivity contribution in [1.82, 2.24) is 15.1 Å². The van der Waals surface area contributed by atoms with E-state index >= 15 is 0 Å². The molecule has 1 aromatic heterocycles. The molecule has 1 aromatic rings. The molecule has 110 valence electrons. The van der Waals surface area contributed by atoms with Gasteiger partial charge < -0.3 is 4.90 Å². The lowest BCUT2D eigenvalue weighted by Crippen LogP contribution is -2.38. The molecule has 0 radical (unpaired) electrons. The number of hydrogen-bond acceptors (Lipinski definition) is 2. The van der Waals surface area contributed by atoms with E-state index in [2.05, 4.69) is 10.2 Å². The summed E-state index contributed by atoms with van der Waals surface area (Å²) >= 11 is 0. The van der Waals surface area contributed by atoms with Crippen LogP contribution in [0.25, 0.3) is 0 Å². The predicted octanol–water partition coefficient (Wildman–Crippen LogP) is 2.97. The number of fused-ring (bicyclic) bond motifs is 1. The van der Waals surface area contributed by atoms with Gasteiger partial charge in [-0.15, -0.1) is 0 Å². The fourth-order valence-corrected chi connectivity index (χ4v) is 4.13. The van der Waals surface area contributed by atoms with Crippen LogP contribution in [-0.2, 0) is 11.3 Å². The first kappa shape index (κ1) is 13.7. The number of nitrogens with one attached hydrogen (secondary N) is 1. The molecule has 2 aliphatic carbocycles. The Morgan fingerprint density at radius 3 is 2.85 bits per heavy atom. The van der Waals surface area contributed by atoms with E-state index in [1.165, 1.54) is 32.1 Å². The van der Waals surface area contributed by atoms with Gasteiger partial charge in [0.15, 0.2) is 0 Å². The predicted molar refractivity (Wildman–Crippen MR) is 77.9 cm³/mol. The highest BCUT2D eigenvalue weighted by molar-refractivity contribution is 5.78. The molecule has 0 aromatic carbocycles. The highest BCUT2D eigenvalue weighted by Crippen LogP contribution is 2.43. The number of carbonyl (C=O) groups is 1. The van der Waals surface area contributed by atoms with Crippen LogP contribution >= 0.6 is 0 Å². The number of carbonyl (C=O) groups excluding carboxylic acids is 1. The Labute approximate surface area is 120 Å². The molecule has 1 N–H and O–H groups in total. The molecule has 2 saturated carbocycles. The molecule has 0 spiro atoms. The summed E-state index contributed by atoms with van der Waals surface area (Å²) in [4.78, 5) is 14.5. The molecule has 3 unspecified atom stereocenters. The van der Waals surface area contributed by atoms with Crippen LogP contribution in [0.2, 0.25) is 0 Å². The van der Waals surface area contributed by atoms with Gasteiger partial charge in [-0.05, 0) is 31.1 Å². The minimum absolute atomic E-state index is 0.256. The highest BCUT2D eigenvalue weighted by atomic mass is 16.2. The van der Waals surface area contributed by atoms with Gasteiger partial charge >= 0.3 is 0 Å². The number of aromatic amines is 1. The van der Waals surface area contributed by atoms with E-state index in [1.807, 2.05) is 18.1 Å². The summed E-state index contributed by atoms with van der Waals surface area (Å²) in [6.45, 7) is 0.667. The third-order valence-corrected chi connectivity index (χ3v) is 5.24. The van der Waals surface area contributed by atoms with Crippen molar-refractivity contribution < 1.29 is 4.79 Å². The van der Waals surface area contributed by atoms with Crippen molar-refractivity contribution in [2.45, 2.75) is 51.5 Å². The van der Waals surface area contributed by atoms with Gasteiger partial charge in [-0.2, -0.15) is 5.10 Å². The maximum atomic E-state index is 12.6. The van der Waals surface area contributed by atoms with Crippen LogP contribution in [0.15, 0.2) is 12.4 Å². The van der Waals surface area contributed by atoms with Crippen molar-refractivity contribution in [3.8, 4) is 0 Å². The summed E-state index contributed by atoms with van der Waals surface area (Å²) in [5.74, 6) is 2.31. The first-order chi connectivity index (χ1) is 9.74. The van der Waals surface area contributed by atoms with Crippen molar-refractivity contribution in [3.05, 3.63) is 18.0 Å². The van der Waals surface area contributed by atoms with Gasteiger partial charge in [0.05, 0.1) is 6.20 Å². The molecule has 4 heteroatoms. The number of hydrogen-bond donors (Lipinski definition) is 1. The second-order valence-corrected chi connectivity index (χ2v) is 6.62. The second kappa shape index (κ2) is 5.98. The third kappa shape index (κ3) is 2.89. The van der Waals surface area contributed by atoms with Gasteiger partial charge in [0.2, 0.25) is 5.91 Å². The van der Waals surface area contributed by atoms with E-state index in [0.29, 0.717) is 12.5 Å². The molecule has 3 atom stereocenters. The van der Waals surface area contributed by atoms with Gasteiger partial charge in [-0.25, -0.2) is 0 Å². The Hall–Kier alpha value is -1.32.